The second kappa shape index (κ2) is 5.37. The summed E-state index contributed by atoms with van der Waals surface area (Å²) >= 11 is 3.54. The van der Waals surface area contributed by atoms with E-state index in [1.54, 1.807) is 0 Å². The number of nitrogens with two attached hydrogens (primary N) is 1. The van der Waals surface area contributed by atoms with Crippen LogP contribution < -0.4 is 5.73 Å². The minimum atomic E-state index is 0.677. The fourth-order valence-electron chi connectivity index (χ4n) is 2.48. The smallest absolute Gasteiger partial charge is 0.116 e. The van der Waals surface area contributed by atoms with Crippen LogP contribution in [0.4, 0.5) is 5.69 Å². The Morgan fingerprint density at radius 1 is 1.05 bits per heavy atom. The van der Waals surface area contributed by atoms with E-state index in [1.165, 1.54) is 11.1 Å². The van der Waals surface area contributed by atoms with E-state index in [0.717, 1.165) is 21.4 Å². The Bertz CT molecular complexity index is 785. The Kier molecular flexibility index (Phi) is 3.55. The molecule has 0 spiro atoms. The lowest BCUT2D eigenvalue weighted by molar-refractivity contribution is 0.880. The first kappa shape index (κ1) is 13.9. The number of para-hydroxylation sites is 1. The highest BCUT2D eigenvalue weighted by Gasteiger charge is 2.11. The number of nitrogen functional groups attached to an aromatic ring is 1. The van der Waals surface area contributed by atoms with Crippen LogP contribution in [0.25, 0.3) is 16.9 Å². The summed E-state index contributed by atoms with van der Waals surface area (Å²) < 4.78 is 2.80. The van der Waals surface area contributed by atoms with Crippen molar-refractivity contribution in [2.45, 2.75) is 13.8 Å². The summed E-state index contributed by atoms with van der Waals surface area (Å²) in [6.45, 7) is 4.16. The Balaban J connectivity index is 2.12. The van der Waals surface area contributed by atoms with Crippen LogP contribution in [0.5, 0.6) is 0 Å². The molecule has 2 N–H and O–H groups in total. The number of benzene rings is 2. The molecule has 3 nitrogen and oxygen atoms in total. The van der Waals surface area contributed by atoms with E-state index in [9.17, 15) is 0 Å². The standard InChI is InChI=1S/C17H16BrN3/c1-11-7-12(2)9-13(8-11)17-15(19)10-21(20-17)16-6-4-3-5-14(16)18/h3-10H,19H2,1-2H3. The zero-order chi connectivity index (χ0) is 15.0. The van der Waals surface area contributed by atoms with Gasteiger partial charge in [0.1, 0.15) is 5.69 Å². The van der Waals surface area contributed by atoms with Gasteiger partial charge in [0.2, 0.25) is 0 Å². The second-order valence-electron chi connectivity index (χ2n) is 5.21. The zero-order valence-electron chi connectivity index (χ0n) is 12.0. The molecule has 2 aromatic carbocycles. The quantitative estimate of drug-likeness (QED) is 0.745. The fraction of sp³-hybridized carbons (Fsp3) is 0.118. The third kappa shape index (κ3) is 2.72. The predicted octanol–water partition coefficient (Wildman–Crippen LogP) is 4.50. The summed E-state index contributed by atoms with van der Waals surface area (Å²) in [7, 11) is 0. The number of anilines is 1. The number of hydrogen-bond donors (Lipinski definition) is 1. The normalized spacial score (nSPS) is 10.8. The van der Waals surface area contributed by atoms with Gasteiger partial charge in [-0.1, -0.05) is 29.3 Å². The molecule has 1 heterocycles. The van der Waals surface area contributed by atoms with E-state index in [-0.39, 0.29) is 0 Å². The number of hydrogen-bond acceptors (Lipinski definition) is 2. The van der Waals surface area contributed by atoms with Crippen LogP contribution in [0.2, 0.25) is 0 Å². The van der Waals surface area contributed by atoms with E-state index < -0.39 is 0 Å². The van der Waals surface area contributed by atoms with Crippen LogP contribution in [0.1, 0.15) is 11.1 Å². The molecule has 0 fully saturated rings. The van der Waals surface area contributed by atoms with Crippen molar-refractivity contribution in [2.24, 2.45) is 0 Å². The van der Waals surface area contributed by atoms with Crippen molar-refractivity contribution in [3.8, 4) is 16.9 Å². The minimum Gasteiger partial charge on any atom is -0.396 e. The molecule has 106 valence electrons. The molecule has 0 saturated heterocycles. The average Bonchev–Trinajstić information content (AvgIpc) is 2.80. The van der Waals surface area contributed by atoms with Gasteiger partial charge in [-0.2, -0.15) is 5.10 Å². The van der Waals surface area contributed by atoms with E-state index in [2.05, 4.69) is 53.1 Å². The van der Waals surface area contributed by atoms with E-state index in [0.29, 0.717) is 5.69 Å². The fourth-order valence-corrected chi connectivity index (χ4v) is 2.95. The topological polar surface area (TPSA) is 43.8 Å². The van der Waals surface area contributed by atoms with Gasteiger partial charge in [0, 0.05) is 10.0 Å². The lowest BCUT2D eigenvalue weighted by Crippen LogP contribution is -1.96. The molecule has 0 bridgehead atoms. The van der Waals surface area contributed by atoms with Crippen molar-refractivity contribution in [1.82, 2.24) is 9.78 Å². The highest BCUT2D eigenvalue weighted by molar-refractivity contribution is 9.10. The first-order chi connectivity index (χ1) is 10.0. The van der Waals surface area contributed by atoms with Crippen LogP contribution in [-0.4, -0.2) is 9.78 Å². The molecule has 0 saturated carbocycles. The number of halogens is 1. The molecule has 4 heteroatoms. The summed E-state index contributed by atoms with van der Waals surface area (Å²) in [4.78, 5) is 0. The highest BCUT2D eigenvalue weighted by atomic mass is 79.9. The maximum atomic E-state index is 6.16. The summed E-state index contributed by atoms with van der Waals surface area (Å²) in [5, 5.41) is 4.66. The molecular weight excluding hydrogens is 326 g/mol. The zero-order valence-corrected chi connectivity index (χ0v) is 13.6. The molecule has 0 amide bonds. The van der Waals surface area contributed by atoms with Crippen molar-refractivity contribution in [3.63, 3.8) is 0 Å². The number of aryl methyl sites for hydroxylation is 2. The molecule has 0 aliphatic rings. The molecule has 1 aromatic heterocycles. The summed E-state index contributed by atoms with van der Waals surface area (Å²) in [6.07, 6.45) is 1.85. The maximum absolute atomic E-state index is 6.16. The van der Waals surface area contributed by atoms with E-state index in [1.807, 2.05) is 35.1 Å². The van der Waals surface area contributed by atoms with Gasteiger partial charge in [0.25, 0.3) is 0 Å². The Morgan fingerprint density at radius 2 is 1.71 bits per heavy atom. The van der Waals surface area contributed by atoms with Gasteiger partial charge < -0.3 is 5.73 Å². The second-order valence-corrected chi connectivity index (χ2v) is 6.06. The average molecular weight is 342 g/mol. The third-order valence-corrected chi connectivity index (χ3v) is 4.01. The Labute approximate surface area is 132 Å². The van der Waals surface area contributed by atoms with Gasteiger partial charge in [0.05, 0.1) is 17.6 Å². The van der Waals surface area contributed by atoms with Gasteiger partial charge in [0.15, 0.2) is 0 Å². The van der Waals surface area contributed by atoms with Crippen LogP contribution in [-0.2, 0) is 0 Å². The molecule has 3 rings (SSSR count). The van der Waals surface area contributed by atoms with Crippen molar-refractivity contribution in [1.29, 1.82) is 0 Å². The van der Waals surface area contributed by atoms with Crippen molar-refractivity contribution >= 4 is 21.6 Å². The molecule has 0 unspecified atom stereocenters. The van der Waals surface area contributed by atoms with Gasteiger partial charge in [-0.3, -0.25) is 0 Å². The third-order valence-electron chi connectivity index (χ3n) is 3.34. The molecule has 21 heavy (non-hydrogen) atoms. The first-order valence-electron chi connectivity index (χ1n) is 6.73. The predicted molar refractivity (Wildman–Crippen MR) is 90.6 cm³/mol. The van der Waals surface area contributed by atoms with Gasteiger partial charge in [-0.25, -0.2) is 4.68 Å². The van der Waals surface area contributed by atoms with Crippen LogP contribution in [0, 0.1) is 13.8 Å². The van der Waals surface area contributed by atoms with Crippen molar-refractivity contribution < 1.29 is 0 Å². The van der Waals surface area contributed by atoms with Crippen molar-refractivity contribution in [2.75, 3.05) is 5.73 Å². The molecule has 0 aliphatic carbocycles. The largest absolute Gasteiger partial charge is 0.396 e. The number of rotatable bonds is 2. The summed E-state index contributed by atoms with van der Waals surface area (Å²) in [5.74, 6) is 0. The first-order valence-corrected chi connectivity index (χ1v) is 7.52. The monoisotopic (exact) mass is 341 g/mol. The van der Waals surface area contributed by atoms with Crippen molar-refractivity contribution in [3.05, 3.63) is 64.3 Å². The molecule has 3 aromatic rings. The number of nitrogens with zero attached hydrogens (tertiary/aromatic N) is 2. The van der Waals surface area contributed by atoms with E-state index in [4.69, 9.17) is 5.73 Å². The minimum absolute atomic E-state index is 0.677. The van der Waals surface area contributed by atoms with Crippen LogP contribution in [0.15, 0.2) is 53.1 Å². The summed E-state index contributed by atoms with van der Waals surface area (Å²) in [6, 6.07) is 14.3. The van der Waals surface area contributed by atoms with E-state index >= 15 is 0 Å². The molecule has 0 aliphatic heterocycles. The Morgan fingerprint density at radius 3 is 2.38 bits per heavy atom. The SMILES string of the molecule is Cc1cc(C)cc(-c2nn(-c3ccccc3Br)cc2N)c1. The molecule has 0 radical (unpaired) electrons. The van der Waals surface area contributed by atoms with Crippen LogP contribution in [0.3, 0.4) is 0 Å². The lowest BCUT2D eigenvalue weighted by Gasteiger charge is -2.04. The van der Waals surface area contributed by atoms with Gasteiger partial charge in [-0.15, -0.1) is 0 Å². The van der Waals surface area contributed by atoms with Crippen LogP contribution >= 0.6 is 15.9 Å². The maximum Gasteiger partial charge on any atom is 0.116 e. The Hall–Kier alpha value is -2.07. The molecular formula is C17H16BrN3. The van der Waals surface area contributed by atoms with Gasteiger partial charge >= 0.3 is 0 Å². The van der Waals surface area contributed by atoms with Gasteiger partial charge in [-0.05, 0) is 54.0 Å². The number of aromatic nitrogens is 2. The summed E-state index contributed by atoms with van der Waals surface area (Å²) in [5.41, 5.74) is 12.1. The molecule has 0 atom stereocenters. The lowest BCUT2D eigenvalue weighted by atomic mass is 10.0. The highest BCUT2D eigenvalue weighted by Crippen LogP contribution is 2.29.